The number of rotatable bonds is 2. The summed E-state index contributed by atoms with van der Waals surface area (Å²) >= 11 is 0. The van der Waals surface area contributed by atoms with Gasteiger partial charge in [-0.1, -0.05) is 0 Å². The summed E-state index contributed by atoms with van der Waals surface area (Å²) in [4.78, 5) is 47.3. The van der Waals surface area contributed by atoms with Crippen molar-refractivity contribution in [2.45, 2.75) is 6.92 Å². The lowest BCUT2D eigenvalue weighted by atomic mass is 10.5. The summed E-state index contributed by atoms with van der Waals surface area (Å²) in [6.45, 7) is 1.07. The van der Waals surface area contributed by atoms with Gasteiger partial charge in [-0.25, -0.2) is 14.8 Å². The highest BCUT2D eigenvalue weighted by Gasteiger charge is 2.14. The minimum Gasteiger partial charge on any atom is -0.325 e. The number of nitrogens with zero attached hydrogens (tertiary/aromatic N) is 3. The first-order chi connectivity index (χ1) is 7.59. The van der Waals surface area contributed by atoms with Crippen LogP contribution in [0.4, 0.5) is 0 Å². The van der Waals surface area contributed by atoms with Crippen LogP contribution in [-0.2, 0) is 9.59 Å². The van der Waals surface area contributed by atoms with Gasteiger partial charge < -0.3 is 9.82 Å². The Morgan fingerprint density at radius 3 is 2.88 bits per heavy atom. The highest BCUT2D eigenvalue weighted by Crippen LogP contribution is 2.01. The molecular formula is C8H6N4O4. The van der Waals surface area contributed by atoms with Crippen LogP contribution in [0.1, 0.15) is 6.92 Å². The second-order valence-electron chi connectivity index (χ2n) is 2.91. The summed E-state index contributed by atoms with van der Waals surface area (Å²) in [5, 5.41) is 0. The lowest BCUT2D eigenvalue weighted by Crippen LogP contribution is -2.25. The van der Waals surface area contributed by atoms with Crippen molar-refractivity contribution in [3.05, 3.63) is 23.0 Å². The van der Waals surface area contributed by atoms with E-state index in [1.807, 2.05) is 0 Å². The first-order valence-corrected chi connectivity index (χ1v) is 4.23. The predicted octanol–water partition coefficient (Wildman–Crippen LogP) is -1.34. The second-order valence-corrected chi connectivity index (χ2v) is 2.91. The van der Waals surface area contributed by atoms with Crippen molar-refractivity contribution in [2.24, 2.45) is 0 Å². The van der Waals surface area contributed by atoms with E-state index in [0.717, 1.165) is 24.3 Å². The number of Topliss-reactive ketones (excluding diaryl/α,β-unsaturated/α-hetero) is 1. The standard InChI is InChI=1S/C8H6N4O4/c1-4(13)8(15)16-12-3-11-5-6(12)9-2-10-7(5)14/h2-3H,1H3,(H,9,10,14). The number of aromatic nitrogens is 4. The zero-order chi connectivity index (χ0) is 11.7. The first-order valence-electron chi connectivity index (χ1n) is 4.23. The lowest BCUT2D eigenvalue weighted by molar-refractivity contribution is -0.152. The Hall–Kier alpha value is -2.51. The maximum atomic E-state index is 11.2. The van der Waals surface area contributed by atoms with Gasteiger partial charge in [-0.2, -0.15) is 0 Å². The van der Waals surface area contributed by atoms with Crippen molar-refractivity contribution in [3.63, 3.8) is 0 Å². The molecule has 1 N–H and O–H groups in total. The van der Waals surface area contributed by atoms with Crippen molar-refractivity contribution in [1.29, 1.82) is 0 Å². The Bertz CT molecular complexity index is 626. The molecule has 0 aliphatic heterocycles. The molecule has 0 aromatic carbocycles. The molecule has 0 saturated heterocycles. The molecule has 2 aromatic rings. The van der Waals surface area contributed by atoms with Gasteiger partial charge in [-0.3, -0.25) is 9.59 Å². The lowest BCUT2D eigenvalue weighted by Gasteiger charge is -2.00. The molecule has 0 atom stereocenters. The van der Waals surface area contributed by atoms with E-state index in [4.69, 9.17) is 0 Å². The molecule has 0 aliphatic rings. The summed E-state index contributed by atoms with van der Waals surface area (Å²) < 4.78 is 0.869. The first kappa shape index (κ1) is 10.0. The maximum absolute atomic E-state index is 11.2. The van der Waals surface area contributed by atoms with Crippen molar-refractivity contribution in [2.75, 3.05) is 0 Å². The summed E-state index contributed by atoms with van der Waals surface area (Å²) in [6, 6.07) is 0. The normalized spacial score (nSPS) is 10.3. The van der Waals surface area contributed by atoms with Crippen LogP contribution in [0, 0.1) is 0 Å². The van der Waals surface area contributed by atoms with E-state index in [-0.39, 0.29) is 11.2 Å². The molecule has 8 heteroatoms. The van der Waals surface area contributed by atoms with Crippen LogP contribution in [0.25, 0.3) is 11.2 Å². The van der Waals surface area contributed by atoms with Gasteiger partial charge in [0.05, 0.1) is 6.33 Å². The Morgan fingerprint density at radius 2 is 2.19 bits per heavy atom. The van der Waals surface area contributed by atoms with Crippen molar-refractivity contribution in [1.82, 2.24) is 19.7 Å². The Kier molecular flexibility index (Phi) is 2.24. The number of aromatic amines is 1. The zero-order valence-corrected chi connectivity index (χ0v) is 8.13. The molecule has 82 valence electrons. The number of hydrogen-bond acceptors (Lipinski definition) is 6. The fourth-order valence-corrected chi connectivity index (χ4v) is 1.05. The van der Waals surface area contributed by atoms with Gasteiger partial charge in [-0.15, -0.1) is 4.73 Å². The number of carbonyl (C=O) groups is 2. The highest BCUT2D eigenvalue weighted by atomic mass is 16.7. The third kappa shape index (κ3) is 1.56. The van der Waals surface area contributed by atoms with Gasteiger partial charge in [0.1, 0.15) is 6.33 Å². The second kappa shape index (κ2) is 3.57. The molecule has 0 radical (unpaired) electrons. The van der Waals surface area contributed by atoms with E-state index in [2.05, 4.69) is 19.8 Å². The Balaban J connectivity index is 2.47. The van der Waals surface area contributed by atoms with E-state index < -0.39 is 17.3 Å². The van der Waals surface area contributed by atoms with Gasteiger partial charge in [-0.05, 0) is 0 Å². The van der Waals surface area contributed by atoms with Crippen molar-refractivity contribution in [3.8, 4) is 0 Å². The molecule has 0 amide bonds. The minimum atomic E-state index is -1.05. The summed E-state index contributed by atoms with van der Waals surface area (Å²) in [5.74, 6) is -1.81. The predicted molar refractivity (Wildman–Crippen MR) is 50.4 cm³/mol. The van der Waals surface area contributed by atoms with E-state index in [1.54, 1.807) is 0 Å². The van der Waals surface area contributed by atoms with Crippen LogP contribution >= 0.6 is 0 Å². The number of imidazole rings is 1. The summed E-state index contributed by atoms with van der Waals surface area (Å²) in [7, 11) is 0. The molecule has 2 rings (SSSR count). The van der Waals surface area contributed by atoms with Gasteiger partial charge in [0.15, 0.2) is 5.52 Å². The molecule has 0 saturated carbocycles. The zero-order valence-electron chi connectivity index (χ0n) is 8.13. The third-order valence-electron chi connectivity index (χ3n) is 1.78. The van der Waals surface area contributed by atoms with E-state index in [0.29, 0.717) is 0 Å². The molecule has 16 heavy (non-hydrogen) atoms. The van der Waals surface area contributed by atoms with Crippen LogP contribution in [0.2, 0.25) is 0 Å². The summed E-state index contributed by atoms with van der Waals surface area (Å²) in [5.41, 5.74) is -0.361. The average Bonchev–Trinajstić information content (AvgIpc) is 2.63. The molecule has 0 spiro atoms. The molecule has 0 fully saturated rings. The number of nitrogens with one attached hydrogen (secondary N) is 1. The van der Waals surface area contributed by atoms with E-state index in [9.17, 15) is 14.4 Å². The van der Waals surface area contributed by atoms with E-state index >= 15 is 0 Å². The summed E-state index contributed by atoms with van der Waals surface area (Å²) in [6.07, 6.45) is 2.23. The fourth-order valence-electron chi connectivity index (χ4n) is 1.05. The third-order valence-corrected chi connectivity index (χ3v) is 1.78. The molecule has 8 nitrogen and oxygen atoms in total. The average molecular weight is 222 g/mol. The molecule has 0 unspecified atom stereocenters. The van der Waals surface area contributed by atoms with Gasteiger partial charge in [0.25, 0.3) is 5.56 Å². The SMILES string of the molecule is CC(=O)C(=O)On1cnc2c(=O)[nH]cnc21. The minimum absolute atomic E-state index is 0.0267. The van der Waals surface area contributed by atoms with Crippen LogP contribution in [-0.4, -0.2) is 31.4 Å². The number of ketones is 1. The van der Waals surface area contributed by atoms with Gasteiger partial charge in [0, 0.05) is 6.92 Å². The molecule has 0 aliphatic carbocycles. The topological polar surface area (TPSA) is 107 Å². The van der Waals surface area contributed by atoms with Crippen molar-refractivity contribution < 1.29 is 14.4 Å². The largest absolute Gasteiger partial charge is 0.398 e. The highest BCUT2D eigenvalue weighted by molar-refractivity contribution is 6.32. The van der Waals surface area contributed by atoms with Gasteiger partial charge in [0.2, 0.25) is 11.4 Å². The molecule has 0 bridgehead atoms. The maximum Gasteiger partial charge on any atom is 0.398 e. The van der Waals surface area contributed by atoms with Crippen LogP contribution in [0.5, 0.6) is 0 Å². The number of H-pyrrole nitrogens is 1. The number of carbonyl (C=O) groups excluding carboxylic acids is 2. The van der Waals surface area contributed by atoms with Crippen LogP contribution in [0.3, 0.4) is 0 Å². The molecular weight excluding hydrogens is 216 g/mol. The smallest absolute Gasteiger partial charge is 0.325 e. The Labute approximate surface area is 87.8 Å². The molecule has 2 aromatic heterocycles. The monoisotopic (exact) mass is 222 g/mol. The van der Waals surface area contributed by atoms with Crippen LogP contribution in [0.15, 0.2) is 17.4 Å². The van der Waals surface area contributed by atoms with Gasteiger partial charge >= 0.3 is 5.97 Å². The van der Waals surface area contributed by atoms with E-state index in [1.165, 1.54) is 0 Å². The quantitative estimate of drug-likeness (QED) is 0.630. The van der Waals surface area contributed by atoms with Crippen molar-refractivity contribution >= 4 is 22.9 Å². The number of hydrogen-bond donors (Lipinski definition) is 1. The molecule has 2 heterocycles. The number of fused-ring (bicyclic) bond motifs is 1. The van der Waals surface area contributed by atoms with Crippen LogP contribution < -0.4 is 10.4 Å². The fraction of sp³-hybridized carbons (Fsp3) is 0.125. The Morgan fingerprint density at radius 1 is 1.44 bits per heavy atom.